The number of nitrogens with zero attached hydrogens (tertiary/aromatic N) is 2. The van der Waals surface area contributed by atoms with Crippen molar-refractivity contribution in [1.29, 1.82) is 0 Å². The maximum Gasteiger partial charge on any atom is 0.260 e. The quantitative estimate of drug-likeness (QED) is 0.858. The SMILES string of the molecule is COc1ccc(-c2nc(C3CC3(C)C)no2)c(N)c1. The van der Waals surface area contributed by atoms with E-state index in [2.05, 4.69) is 24.0 Å². The number of ether oxygens (including phenoxy) is 1. The molecule has 0 radical (unpaired) electrons. The Hall–Kier alpha value is -2.04. The van der Waals surface area contributed by atoms with Gasteiger partial charge in [-0.15, -0.1) is 0 Å². The molecule has 1 aromatic heterocycles. The van der Waals surface area contributed by atoms with Crippen LogP contribution >= 0.6 is 0 Å². The zero-order chi connectivity index (χ0) is 13.6. The highest BCUT2D eigenvalue weighted by atomic mass is 16.5. The number of hydrogen-bond donors (Lipinski definition) is 1. The first-order valence-electron chi connectivity index (χ1n) is 6.29. The zero-order valence-electron chi connectivity index (χ0n) is 11.3. The standard InChI is InChI=1S/C14H17N3O2/c1-14(2)7-10(14)12-16-13(19-17-12)9-5-4-8(18-3)6-11(9)15/h4-6,10H,7,15H2,1-3H3. The molecule has 0 aliphatic heterocycles. The summed E-state index contributed by atoms with van der Waals surface area (Å²) in [4.78, 5) is 4.46. The maximum atomic E-state index is 5.98. The van der Waals surface area contributed by atoms with E-state index in [1.807, 2.05) is 12.1 Å². The van der Waals surface area contributed by atoms with Crippen molar-refractivity contribution in [2.75, 3.05) is 12.8 Å². The first-order valence-corrected chi connectivity index (χ1v) is 6.29. The summed E-state index contributed by atoms with van der Waals surface area (Å²) in [5.74, 6) is 2.35. The lowest BCUT2D eigenvalue weighted by Crippen LogP contribution is -1.94. The molecule has 0 amide bonds. The molecule has 0 spiro atoms. The molecule has 1 saturated carbocycles. The first kappa shape index (κ1) is 12.0. The van der Waals surface area contributed by atoms with Crippen LogP contribution < -0.4 is 10.5 Å². The van der Waals surface area contributed by atoms with Crippen LogP contribution in [0.15, 0.2) is 22.7 Å². The second kappa shape index (κ2) is 3.98. The van der Waals surface area contributed by atoms with Crippen molar-refractivity contribution in [2.45, 2.75) is 26.2 Å². The van der Waals surface area contributed by atoms with Crippen LogP contribution in [-0.4, -0.2) is 17.3 Å². The molecule has 1 aliphatic carbocycles. The average molecular weight is 259 g/mol. The van der Waals surface area contributed by atoms with E-state index in [0.717, 1.165) is 17.8 Å². The van der Waals surface area contributed by atoms with Gasteiger partial charge in [0.1, 0.15) is 5.75 Å². The van der Waals surface area contributed by atoms with Gasteiger partial charge in [-0.1, -0.05) is 19.0 Å². The van der Waals surface area contributed by atoms with Crippen LogP contribution in [0.2, 0.25) is 0 Å². The smallest absolute Gasteiger partial charge is 0.260 e. The normalized spacial score (nSPS) is 20.3. The van der Waals surface area contributed by atoms with Crippen LogP contribution in [-0.2, 0) is 0 Å². The van der Waals surface area contributed by atoms with Gasteiger partial charge in [-0.2, -0.15) is 4.98 Å². The Morgan fingerprint density at radius 3 is 2.74 bits per heavy atom. The van der Waals surface area contributed by atoms with E-state index < -0.39 is 0 Å². The summed E-state index contributed by atoms with van der Waals surface area (Å²) in [5.41, 5.74) is 7.58. The highest BCUT2D eigenvalue weighted by Gasteiger charge is 2.49. The van der Waals surface area contributed by atoms with Gasteiger partial charge >= 0.3 is 0 Å². The second-order valence-electron chi connectivity index (χ2n) is 5.66. The Kier molecular flexibility index (Phi) is 2.52. The van der Waals surface area contributed by atoms with Gasteiger partial charge in [0.25, 0.3) is 5.89 Å². The van der Waals surface area contributed by atoms with Crippen LogP contribution in [0.4, 0.5) is 5.69 Å². The molecule has 0 bridgehead atoms. The van der Waals surface area contributed by atoms with E-state index in [9.17, 15) is 0 Å². The molecule has 1 atom stereocenters. The van der Waals surface area contributed by atoms with E-state index in [1.165, 1.54) is 0 Å². The third-order valence-electron chi connectivity index (χ3n) is 3.76. The van der Waals surface area contributed by atoms with Crippen molar-refractivity contribution >= 4 is 5.69 Å². The Balaban J connectivity index is 1.91. The fourth-order valence-corrected chi connectivity index (χ4v) is 2.26. The Morgan fingerprint density at radius 1 is 1.42 bits per heavy atom. The Labute approximate surface area is 111 Å². The fourth-order valence-electron chi connectivity index (χ4n) is 2.26. The minimum absolute atomic E-state index is 0.284. The number of aromatic nitrogens is 2. The molecule has 5 nitrogen and oxygen atoms in total. The molecule has 19 heavy (non-hydrogen) atoms. The summed E-state index contributed by atoms with van der Waals surface area (Å²) >= 11 is 0. The number of hydrogen-bond acceptors (Lipinski definition) is 5. The minimum atomic E-state index is 0.284. The van der Waals surface area contributed by atoms with Crippen LogP contribution in [0, 0.1) is 5.41 Å². The molecule has 2 aromatic rings. The molecule has 5 heteroatoms. The van der Waals surface area contributed by atoms with Crippen molar-refractivity contribution in [3.05, 3.63) is 24.0 Å². The molecule has 1 unspecified atom stereocenters. The van der Waals surface area contributed by atoms with E-state index in [0.29, 0.717) is 23.2 Å². The Morgan fingerprint density at radius 2 is 2.16 bits per heavy atom. The lowest BCUT2D eigenvalue weighted by Gasteiger charge is -2.03. The van der Waals surface area contributed by atoms with Crippen LogP contribution in [0.5, 0.6) is 5.75 Å². The predicted octanol–water partition coefficient (Wildman–Crippen LogP) is 2.84. The summed E-state index contributed by atoms with van der Waals surface area (Å²) in [7, 11) is 1.61. The van der Waals surface area contributed by atoms with Gasteiger partial charge in [0.05, 0.1) is 12.7 Å². The van der Waals surface area contributed by atoms with Crippen molar-refractivity contribution in [2.24, 2.45) is 5.41 Å². The summed E-state index contributed by atoms with van der Waals surface area (Å²) < 4.78 is 10.4. The van der Waals surface area contributed by atoms with Crippen LogP contribution in [0.25, 0.3) is 11.5 Å². The number of rotatable bonds is 3. The van der Waals surface area contributed by atoms with Gasteiger partial charge in [0, 0.05) is 17.7 Å². The lowest BCUT2D eigenvalue weighted by atomic mass is 10.1. The highest BCUT2D eigenvalue weighted by Crippen LogP contribution is 2.57. The van der Waals surface area contributed by atoms with Crippen LogP contribution in [0.1, 0.15) is 32.0 Å². The summed E-state index contributed by atoms with van der Waals surface area (Å²) in [5, 5.41) is 4.06. The fraction of sp³-hybridized carbons (Fsp3) is 0.429. The minimum Gasteiger partial charge on any atom is -0.497 e. The van der Waals surface area contributed by atoms with Crippen molar-refractivity contribution < 1.29 is 9.26 Å². The number of methoxy groups -OCH3 is 1. The van der Waals surface area contributed by atoms with Crippen LogP contribution in [0.3, 0.4) is 0 Å². The second-order valence-corrected chi connectivity index (χ2v) is 5.66. The van der Waals surface area contributed by atoms with Gasteiger partial charge in [-0.3, -0.25) is 0 Å². The predicted molar refractivity (Wildman–Crippen MR) is 71.8 cm³/mol. The molecule has 0 saturated heterocycles. The van der Waals surface area contributed by atoms with Gasteiger partial charge in [0.15, 0.2) is 5.82 Å². The molecule has 1 aliphatic rings. The third-order valence-corrected chi connectivity index (χ3v) is 3.76. The molecule has 1 fully saturated rings. The zero-order valence-corrected chi connectivity index (χ0v) is 11.3. The monoisotopic (exact) mass is 259 g/mol. The summed E-state index contributed by atoms with van der Waals surface area (Å²) in [6.07, 6.45) is 1.10. The number of nitrogens with two attached hydrogens (primary N) is 1. The third kappa shape index (κ3) is 2.05. The Bertz CT molecular complexity index is 619. The molecular weight excluding hydrogens is 242 g/mol. The average Bonchev–Trinajstić information content (AvgIpc) is 2.81. The molecular formula is C14H17N3O2. The topological polar surface area (TPSA) is 74.2 Å². The van der Waals surface area contributed by atoms with E-state index in [4.69, 9.17) is 15.0 Å². The van der Waals surface area contributed by atoms with Gasteiger partial charge < -0.3 is 15.0 Å². The molecule has 1 heterocycles. The maximum absolute atomic E-state index is 5.98. The first-order chi connectivity index (χ1) is 9.01. The lowest BCUT2D eigenvalue weighted by molar-refractivity contribution is 0.414. The van der Waals surface area contributed by atoms with E-state index in [-0.39, 0.29) is 5.41 Å². The van der Waals surface area contributed by atoms with Gasteiger partial charge in [-0.05, 0) is 24.0 Å². The van der Waals surface area contributed by atoms with Crippen molar-refractivity contribution in [3.8, 4) is 17.2 Å². The number of benzene rings is 1. The van der Waals surface area contributed by atoms with E-state index in [1.54, 1.807) is 13.2 Å². The largest absolute Gasteiger partial charge is 0.497 e. The van der Waals surface area contributed by atoms with Gasteiger partial charge in [0.2, 0.25) is 0 Å². The molecule has 3 rings (SSSR count). The number of nitrogen functional groups attached to an aromatic ring is 1. The van der Waals surface area contributed by atoms with Crippen molar-refractivity contribution in [1.82, 2.24) is 10.1 Å². The number of anilines is 1. The summed E-state index contributed by atoms with van der Waals surface area (Å²) in [6.45, 7) is 4.41. The molecule has 1 aromatic carbocycles. The highest BCUT2D eigenvalue weighted by molar-refractivity contribution is 5.71. The molecule has 2 N–H and O–H groups in total. The van der Waals surface area contributed by atoms with Gasteiger partial charge in [-0.25, -0.2) is 0 Å². The summed E-state index contributed by atoms with van der Waals surface area (Å²) in [6, 6.07) is 5.42. The van der Waals surface area contributed by atoms with E-state index >= 15 is 0 Å². The molecule has 100 valence electrons. The van der Waals surface area contributed by atoms with Crippen molar-refractivity contribution in [3.63, 3.8) is 0 Å².